The molecule has 0 atom stereocenters. The predicted octanol–water partition coefficient (Wildman–Crippen LogP) is 3.53. The van der Waals surface area contributed by atoms with Crippen molar-refractivity contribution in [2.75, 3.05) is 13.1 Å². The van der Waals surface area contributed by atoms with Crippen molar-refractivity contribution < 1.29 is 8.78 Å². The molecular weight excluding hydrogens is 220 g/mol. The molecule has 1 nitrogen and oxygen atoms in total. The molecule has 96 valence electrons. The summed E-state index contributed by atoms with van der Waals surface area (Å²) in [6.07, 6.45) is 1.69. The molecule has 1 aromatic carbocycles. The largest absolute Gasteiger partial charge is 0.316 e. The molecule has 0 unspecified atom stereocenters. The number of nitrogens with one attached hydrogen (secondary N) is 1. The van der Waals surface area contributed by atoms with Gasteiger partial charge in [0.2, 0.25) is 0 Å². The van der Waals surface area contributed by atoms with Gasteiger partial charge in [-0.1, -0.05) is 26.8 Å². The summed E-state index contributed by atoms with van der Waals surface area (Å²) in [5.41, 5.74) is 0.545. The fraction of sp³-hybridized carbons (Fsp3) is 0.571. The standard InChI is InChI=1S/C14H21F2N/c1-4-7-17-10-14(2,3)9-11-5-6-12(15)8-13(11)16/h5-6,8,17H,4,7,9-10H2,1-3H3. The summed E-state index contributed by atoms with van der Waals surface area (Å²) in [7, 11) is 0. The molecule has 1 aromatic rings. The molecule has 0 spiro atoms. The van der Waals surface area contributed by atoms with E-state index in [-0.39, 0.29) is 5.41 Å². The normalized spacial score (nSPS) is 11.8. The molecule has 0 radical (unpaired) electrons. The fourth-order valence-corrected chi connectivity index (χ4v) is 1.85. The van der Waals surface area contributed by atoms with Crippen LogP contribution in [-0.2, 0) is 6.42 Å². The molecule has 0 heterocycles. The molecule has 0 amide bonds. The number of hydrogen-bond acceptors (Lipinski definition) is 1. The van der Waals surface area contributed by atoms with Crippen LogP contribution >= 0.6 is 0 Å². The van der Waals surface area contributed by atoms with Gasteiger partial charge in [0, 0.05) is 12.6 Å². The Bertz CT molecular complexity index is 361. The maximum absolute atomic E-state index is 13.5. The minimum absolute atomic E-state index is 0.0339. The molecule has 0 saturated carbocycles. The van der Waals surface area contributed by atoms with E-state index < -0.39 is 11.6 Å². The van der Waals surface area contributed by atoms with Gasteiger partial charge in [-0.2, -0.15) is 0 Å². The first-order valence-electron chi connectivity index (χ1n) is 6.09. The molecule has 1 rings (SSSR count). The van der Waals surface area contributed by atoms with Crippen LogP contribution in [0.2, 0.25) is 0 Å². The monoisotopic (exact) mass is 241 g/mol. The van der Waals surface area contributed by atoms with Crippen molar-refractivity contribution in [1.82, 2.24) is 5.32 Å². The molecule has 0 aliphatic heterocycles. The zero-order chi connectivity index (χ0) is 12.9. The van der Waals surface area contributed by atoms with Gasteiger partial charge in [-0.25, -0.2) is 8.78 Å². The minimum Gasteiger partial charge on any atom is -0.316 e. The van der Waals surface area contributed by atoms with Crippen LogP contribution in [0.15, 0.2) is 18.2 Å². The van der Waals surface area contributed by atoms with Gasteiger partial charge in [-0.15, -0.1) is 0 Å². The summed E-state index contributed by atoms with van der Waals surface area (Å²) in [4.78, 5) is 0. The highest BCUT2D eigenvalue weighted by molar-refractivity contribution is 5.19. The van der Waals surface area contributed by atoms with Crippen molar-refractivity contribution in [2.45, 2.75) is 33.6 Å². The molecular formula is C14H21F2N. The van der Waals surface area contributed by atoms with Crippen LogP contribution in [0.5, 0.6) is 0 Å². The summed E-state index contributed by atoms with van der Waals surface area (Å²) < 4.78 is 26.3. The van der Waals surface area contributed by atoms with E-state index >= 15 is 0 Å². The van der Waals surface area contributed by atoms with E-state index in [0.29, 0.717) is 12.0 Å². The maximum Gasteiger partial charge on any atom is 0.129 e. The number of benzene rings is 1. The van der Waals surface area contributed by atoms with Gasteiger partial charge in [0.05, 0.1) is 0 Å². The fourth-order valence-electron chi connectivity index (χ4n) is 1.85. The Labute approximate surface area is 102 Å². The molecule has 1 N–H and O–H groups in total. The molecule has 0 saturated heterocycles. The maximum atomic E-state index is 13.5. The van der Waals surface area contributed by atoms with Crippen LogP contribution in [0.4, 0.5) is 8.78 Å². The molecule has 0 fully saturated rings. The van der Waals surface area contributed by atoms with Crippen LogP contribution in [-0.4, -0.2) is 13.1 Å². The van der Waals surface area contributed by atoms with Crippen molar-refractivity contribution in [3.63, 3.8) is 0 Å². The second kappa shape index (κ2) is 6.10. The third-order valence-corrected chi connectivity index (χ3v) is 2.71. The Morgan fingerprint density at radius 2 is 1.94 bits per heavy atom. The van der Waals surface area contributed by atoms with Gasteiger partial charge >= 0.3 is 0 Å². The lowest BCUT2D eigenvalue weighted by molar-refractivity contribution is 0.334. The molecule has 0 aliphatic carbocycles. The second-order valence-corrected chi connectivity index (χ2v) is 5.25. The lowest BCUT2D eigenvalue weighted by Gasteiger charge is -2.25. The molecule has 0 aromatic heterocycles. The van der Waals surface area contributed by atoms with Crippen molar-refractivity contribution in [2.24, 2.45) is 5.41 Å². The van der Waals surface area contributed by atoms with Crippen molar-refractivity contribution in [1.29, 1.82) is 0 Å². The van der Waals surface area contributed by atoms with E-state index in [1.165, 1.54) is 12.1 Å². The summed E-state index contributed by atoms with van der Waals surface area (Å²) in [5, 5.41) is 3.33. The highest BCUT2D eigenvalue weighted by atomic mass is 19.1. The average molecular weight is 241 g/mol. The van der Waals surface area contributed by atoms with Gasteiger partial charge < -0.3 is 5.32 Å². The first-order valence-corrected chi connectivity index (χ1v) is 6.09. The Balaban J connectivity index is 2.62. The molecule has 17 heavy (non-hydrogen) atoms. The van der Waals surface area contributed by atoms with E-state index in [1.54, 1.807) is 0 Å². The smallest absolute Gasteiger partial charge is 0.129 e. The zero-order valence-corrected chi connectivity index (χ0v) is 10.8. The van der Waals surface area contributed by atoms with Crippen molar-refractivity contribution in [3.05, 3.63) is 35.4 Å². The Morgan fingerprint density at radius 3 is 2.53 bits per heavy atom. The van der Waals surface area contributed by atoms with Crippen molar-refractivity contribution >= 4 is 0 Å². The predicted molar refractivity (Wildman–Crippen MR) is 67.0 cm³/mol. The quantitative estimate of drug-likeness (QED) is 0.751. The minimum atomic E-state index is -0.520. The van der Waals surface area contributed by atoms with Crippen LogP contribution in [0.3, 0.4) is 0 Å². The van der Waals surface area contributed by atoms with Gasteiger partial charge in [0.15, 0.2) is 0 Å². The first kappa shape index (κ1) is 14.1. The van der Waals surface area contributed by atoms with Gasteiger partial charge in [-0.05, 0) is 36.4 Å². The number of hydrogen-bond donors (Lipinski definition) is 1. The summed E-state index contributed by atoms with van der Waals surface area (Å²) in [6, 6.07) is 3.80. The lowest BCUT2D eigenvalue weighted by atomic mass is 9.85. The Kier molecular flexibility index (Phi) is 5.06. The molecule has 0 bridgehead atoms. The highest BCUT2D eigenvalue weighted by Gasteiger charge is 2.20. The van der Waals surface area contributed by atoms with Gasteiger partial charge in [0.25, 0.3) is 0 Å². The summed E-state index contributed by atoms with van der Waals surface area (Å²) in [6.45, 7) is 8.07. The van der Waals surface area contributed by atoms with E-state index in [1.807, 2.05) is 0 Å². The first-order chi connectivity index (χ1) is 7.94. The van der Waals surface area contributed by atoms with Crippen LogP contribution < -0.4 is 5.32 Å². The molecule has 0 aliphatic rings. The van der Waals surface area contributed by atoms with E-state index in [0.717, 1.165) is 25.6 Å². The van der Waals surface area contributed by atoms with Crippen LogP contribution in [0, 0.1) is 17.0 Å². The molecule has 3 heteroatoms. The third kappa shape index (κ3) is 4.82. The van der Waals surface area contributed by atoms with E-state index in [9.17, 15) is 8.78 Å². The summed E-state index contributed by atoms with van der Waals surface area (Å²) in [5.74, 6) is -0.971. The Hall–Kier alpha value is -0.960. The topological polar surface area (TPSA) is 12.0 Å². The third-order valence-electron chi connectivity index (χ3n) is 2.71. The SMILES string of the molecule is CCCNCC(C)(C)Cc1ccc(F)cc1F. The van der Waals surface area contributed by atoms with Crippen molar-refractivity contribution in [3.8, 4) is 0 Å². The second-order valence-electron chi connectivity index (χ2n) is 5.25. The van der Waals surface area contributed by atoms with E-state index in [4.69, 9.17) is 0 Å². The number of rotatable bonds is 6. The lowest BCUT2D eigenvalue weighted by Crippen LogP contribution is -2.31. The summed E-state index contributed by atoms with van der Waals surface area (Å²) >= 11 is 0. The zero-order valence-electron chi connectivity index (χ0n) is 10.8. The highest BCUT2D eigenvalue weighted by Crippen LogP contribution is 2.23. The Morgan fingerprint density at radius 1 is 1.24 bits per heavy atom. The number of halogens is 2. The van der Waals surface area contributed by atoms with Crippen LogP contribution in [0.1, 0.15) is 32.8 Å². The van der Waals surface area contributed by atoms with Crippen LogP contribution in [0.25, 0.3) is 0 Å². The van der Waals surface area contributed by atoms with Gasteiger partial charge in [0.1, 0.15) is 11.6 Å². The van der Waals surface area contributed by atoms with Gasteiger partial charge in [-0.3, -0.25) is 0 Å². The van der Waals surface area contributed by atoms with E-state index in [2.05, 4.69) is 26.1 Å². The average Bonchev–Trinajstić information content (AvgIpc) is 2.22.